The number of ether oxygens (including phenoxy) is 1. The number of azo groups is 2. The molecule has 0 aliphatic carbocycles. The Kier molecular flexibility index (Phi) is 10.4. The average molecular weight is 608 g/mol. The summed E-state index contributed by atoms with van der Waals surface area (Å²) in [6.07, 6.45) is 2.15. The number of hydrogen-bond acceptors (Lipinski definition) is 6. The first kappa shape index (κ1) is 31.3. The van der Waals surface area contributed by atoms with Gasteiger partial charge in [0, 0.05) is 17.0 Å². The summed E-state index contributed by atoms with van der Waals surface area (Å²) >= 11 is 0. The van der Waals surface area contributed by atoms with E-state index in [1.807, 2.05) is 66.9 Å². The molecule has 0 aliphatic rings. The highest BCUT2D eigenvalue weighted by molar-refractivity contribution is 6.01. The third-order valence-electron chi connectivity index (χ3n) is 6.98. The van der Waals surface area contributed by atoms with Gasteiger partial charge in [-0.25, -0.2) is 0 Å². The number of hydrogen-bond donors (Lipinski definition) is 0. The van der Waals surface area contributed by atoms with Gasteiger partial charge in [-0.15, -0.1) is 5.11 Å². The minimum atomic E-state index is -4.39. The molecular formula is C36H32F3N5O. The van der Waals surface area contributed by atoms with Gasteiger partial charge in [0.2, 0.25) is 0 Å². The highest BCUT2D eigenvalue weighted by Crippen LogP contribution is 2.35. The molecule has 0 fully saturated rings. The molecule has 0 unspecified atom stereocenters. The summed E-state index contributed by atoms with van der Waals surface area (Å²) in [6.45, 7) is 2.93. The number of unbranched alkanes of at least 4 members (excludes halogenated alkanes) is 3. The fourth-order valence-electron chi connectivity index (χ4n) is 4.51. The third kappa shape index (κ3) is 8.92. The van der Waals surface area contributed by atoms with Gasteiger partial charge in [-0.2, -0.15) is 28.5 Å². The second-order valence-electron chi connectivity index (χ2n) is 10.3. The molecular weight excluding hydrogens is 575 g/mol. The van der Waals surface area contributed by atoms with Crippen LogP contribution in [0, 0.1) is 0 Å². The lowest BCUT2D eigenvalue weighted by atomic mass is 10.1. The van der Waals surface area contributed by atoms with Crippen LogP contribution in [0.1, 0.15) is 43.7 Å². The number of benzene rings is 5. The zero-order valence-corrected chi connectivity index (χ0v) is 24.8. The molecule has 5 aromatic rings. The molecule has 0 heterocycles. The van der Waals surface area contributed by atoms with E-state index in [2.05, 4.69) is 27.4 Å². The molecule has 228 valence electrons. The van der Waals surface area contributed by atoms with Crippen molar-refractivity contribution in [3.8, 4) is 5.75 Å². The Bertz CT molecular complexity index is 1780. The number of aliphatic imine (C=N–C) groups is 1. The molecule has 0 aromatic heterocycles. The monoisotopic (exact) mass is 607 g/mol. The van der Waals surface area contributed by atoms with E-state index < -0.39 is 11.7 Å². The summed E-state index contributed by atoms with van der Waals surface area (Å²) in [4.78, 5) is 4.75. The first-order chi connectivity index (χ1) is 21.9. The highest BCUT2D eigenvalue weighted by atomic mass is 19.4. The Morgan fingerprint density at radius 1 is 0.600 bits per heavy atom. The summed E-state index contributed by atoms with van der Waals surface area (Å²) in [6, 6.07) is 31.1. The molecule has 0 radical (unpaired) electrons. The van der Waals surface area contributed by atoms with Gasteiger partial charge in [0.25, 0.3) is 0 Å². The summed E-state index contributed by atoms with van der Waals surface area (Å²) in [5.41, 5.74) is 3.24. The average Bonchev–Trinajstić information content (AvgIpc) is 3.06. The summed E-state index contributed by atoms with van der Waals surface area (Å²) < 4.78 is 44.1. The number of alkyl halides is 3. The number of rotatable bonds is 12. The molecule has 0 bridgehead atoms. The predicted molar refractivity (Wildman–Crippen MR) is 174 cm³/mol. The molecule has 0 amide bonds. The maximum atomic E-state index is 12.7. The van der Waals surface area contributed by atoms with Gasteiger partial charge in [-0.3, -0.25) is 4.99 Å². The first-order valence-electron chi connectivity index (χ1n) is 14.8. The fraction of sp³-hybridized carbons (Fsp3) is 0.194. The zero-order valence-electron chi connectivity index (χ0n) is 24.8. The highest BCUT2D eigenvalue weighted by Gasteiger charge is 2.29. The SMILES string of the molecule is CCCCCCOc1ccc(/C=N/c2ccc(/N=N/c3ccc(/N=N/c4ccc(C(F)(F)F)cc4)cc3)c3ccccc23)cc1. The number of fused-ring (bicyclic) bond motifs is 1. The molecule has 9 heteroatoms. The normalized spacial score (nSPS) is 12.2. The molecule has 0 saturated carbocycles. The third-order valence-corrected chi connectivity index (χ3v) is 6.98. The molecule has 0 atom stereocenters. The number of nitrogens with zero attached hydrogens (tertiary/aromatic N) is 5. The Hall–Kier alpha value is -5.18. The van der Waals surface area contributed by atoms with Gasteiger partial charge in [-0.05, 0) is 96.9 Å². The van der Waals surface area contributed by atoms with Crippen molar-refractivity contribution in [2.45, 2.75) is 38.8 Å². The number of halogens is 3. The van der Waals surface area contributed by atoms with Crippen LogP contribution >= 0.6 is 0 Å². The molecule has 0 spiro atoms. The molecule has 5 rings (SSSR count). The quantitative estimate of drug-likeness (QED) is 0.0790. The van der Waals surface area contributed by atoms with Crippen LogP contribution in [-0.2, 0) is 6.18 Å². The van der Waals surface area contributed by atoms with Crippen LogP contribution in [0.3, 0.4) is 0 Å². The lowest BCUT2D eigenvalue weighted by molar-refractivity contribution is -0.137. The van der Waals surface area contributed by atoms with E-state index in [0.29, 0.717) is 22.7 Å². The van der Waals surface area contributed by atoms with Crippen LogP contribution in [-0.4, -0.2) is 12.8 Å². The van der Waals surface area contributed by atoms with E-state index in [9.17, 15) is 13.2 Å². The summed E-state index contributed by atoms with van der Waals surface area (Å²) in [5.74, 6) is 0.862. The zero-order chi connectivity index (χ0) is 31.5. The van der Waals surface area contributed by atoms with Crippen LogP contribution in [0.2, 0.25) is 0 Å². The van der Waals surface area contributed by atoms with Crippen molar-refractivity contribution in [3.05, 3.63) is 120 Å². The van der Waals surface area contributed by atoms with Crippen LogP contribution in [0.25, 0.3) is 10.8 Å². The Labute approximate surface area is 260 Å². The second-order valence-corrected chi connectivity index (χ2v) is 10.3. The molecule has 6 nitrogen and oxygen atoms in total. The second kappa shape index (κ2) is 15.0. The first-order valence-corrected chi connectivity index (χ1v) is 14.8. The maximum Gasteiger partial charge on any atom is 0.416 e. The molecule has 45 heavy (non-hydrogen) atoms. The van der Waals surface area contributed by atoms with Crippen LogP contribution in [0.4, 0.5) is 41.6 Å². The van der Waals surface area contributed by atoms with Crippen LogP contribution in [0.15, 0.2) is 135 Å². The van der Waals surface area contributed by atoms with E-state index in [0.717, 1.165) is 52.9 Å². The van der Waals surface area contributed by atoms with E-state index in [1.54, 1.807) is 24.3 Å². The van der Waals surface area contributed by atoms with Gasteiger partial charge in [0.15, 0.2) is 0 Å². The van der Waals surface area contributed by atoms with Crippen molar-refractivity contribution in [1.82, 2.24) is 0 Å². The largest absolute Gasteiger partial charge is 0.494 e. The topological polar surface area (TPSA) is 71.0 Å². The van der Waals surface area contributed by atoms with Crippen molar-refractivity contribution in [2.75, 3.05) is 6.61 Å². The van der Waals surface area contributed by atoms with Crippen molar-refractivity contribution in [1.29, 1.82) is 0 Å². The van der Waals surface area contributed by atoms with E-state index in [1.165, 1.54) is 31.4 Å². The molecule has 0 saturated heterocycles. The van der Waals surface area contributed by atoms with Crippen LogP contribution in [0.5, 0.6) is 5.75 Å². The molecule has 0 N–H and O–H groups in total. The van der Waals surface area contributed by atoms with Gasteiger partial charge in [0.05, 0.1) is 40.6 Å². The molecule has 0 aliphatic heterocycles. The standard InChI is InChI=1S/C36H32F3N5O/c1-2-3-4-7-24-45-31-20-10-26(11-21-31)25-40-34-22-23-35(33-9-6-5-8-32(33)34)44-43-30-18-16-29(17-19-30)42-41-28-14-12-27(13-15-28)36(37,38)39/h5-6,8-23,25H,2-4,7,24H2,1H3/b40-25+,42-41+,44-43+. The Morgan fingerprint density at radius 2 is 1.16 bits per heavy atom. The van der Waals surface area contributed by atoms with E-state index in [4.69, 9.17) is 9.73 Å². The summed E-state index contributed by atoms with van der Waals surface area (Å²) in [5, 5.41) is 18.8. The van der Waals surface area contributed by atoms with Crippen molar-refractivity contribution in [3.63, 3.8) is 0 Å². The van der Waals surface area contributed by atoms with Crippen molar-refractivity contribution < 1.29 is 17.9 Å². The van der Waals surface area contributed by atoms with E-state index in [-0.39, 0.29) is 0 Å². The van der Waals surface area contributed by atoms with Gasteiger partial charge in [-0.1, -0.05) is 50.5 Å². The van der Waals surface area contributed by atoms with Gasteiger partial charge >= 0.3 is 6.18 Å². The smallest absolute Gasteiger partial charge is 0.416 e. The fourth-order valence-corrected chi connectivity index (χ4v) is 4.51. The minimum absolute atomic E-state index is 0.322. The lowest BCUT2D eigenvalue weighted by Crippen LogP contribution is -2.03. The predicted octanol–water partition coefficient (Wildman–Crippen LogP) is 12.4. The summed E-state index contributed by atoms with van der Waals surface area (Å²) in [7, 11) is 0. The van der Waals surface area contributed by atoms with Crippen LogP contribution < -0.4 is 4.74 Å². The van der Waals surface area contributed by atoms with E-state index >= 15 is 0 Å². The van der Waals surface area contributed by atoms with Gasteiger partial charge in [0.1, 0.15) is 5.75 Å². The van der Waals surface area contributed by atoms with Crippen molar-refractivity contribution in [2.24, 2.45) is 25.4 Å². The lowest BCUT2D eigenvalue weighted by Gasteiger charge is -2.06. The molecule has 5 aromatic carbocycles. The Morgan fingerprint density at radius 3 is 1.76 bits per heavy atom. The van der Waals surface area contributed by atoms with Crippen molar-refractivity contribution >= 4 is 45.4 Å². The van der Waals surface area contributed by atoms with Gasteiger partial charge < -0.3 is 4.74 Å². The Balaban J connectivity index is 1.23. The minimum Gasteiger partial charge on any atom is -0.494 e. The maximum absolute atomic E-state index is 12.7.